The molecule has 1 aromatic carbocycles. The molecule has 0 amide bonds. The van der Waals surface area contributed by atoms with Crippen molar-refractivity contribution in [2.24, 2.45) is 11.5 Å². The van der Waals surface area contributed by atoms with Gasteiger partial charge in [0.25, 0.3) is 0 Å². The molecule has 0 bridgehead atoms. The van der Waals surface area contributed by atoms with E-state index in [0.29, 0.717) is 6.54 Å². The third-order valence-electron chi connectivity index (χ3n) is 2.79. The SMILES string of the molecule is Cc1ccc(C)c(CCNCC(N)CN)c1. The lowest BCUT2D eigenvalue weighted by atomic mass is 10.0. The molecular weight excluding hydrogens is 198 g/mol. The van der Waals surface area contributed by atoms with Crippen LogP contribution in [0.25, 0.3) is 0 Å². The lowest BCUT2D eigenvalue weighted by Gasteiger charge is -2.11. The zero-order valence-electron chi connectivity index (χ0n) is 10.3. The Bertz CT molecular complexity index is 323. The van der Waals surface area contributed by atoms with E-state index < -0.39 is 0 Å². The van der Waals surface area contributed by atoms with Crippen molar-refractivity contribution in [1.29, 1.82) is 0 Å². The molecule has 0 heterocycles. The lowest BCUT2D eigenvalue weighted by molar-refractivity contribution is 0.583. The first-order valence-corrected chi connectivity index (χ1v) is 5.86. The Kier molecular flexibility index (Phi) is 5.46. The summed E-state index contributed by atoms with van der Waals surface area (Å²) in [6.45, 7) is 6.57. The summed E-state index contributed by atoms with van der Waals surface area (Å²) in [4.78, 5) is 0. The van der Waals surface area contributed by atoms with Crippen LogP contribution in [0.2, 0.25) is 0 Å². The fourth-order valence-corrected chi connectivity index (χ4v) is 1.66. The van der Waals surface area contributed by atoms with Gasteiger partial charge in [-0.05, 0) is 37.9 Å². The second-order valence-corrected chi connectivity index (χ2v) is 4.38. The van der Waals surface area contributed by atoms with E-state index in [1.165, 1.54) is 16.7 Å². The van der Waals surface area contributed by atoms with Crippen LogP contribution >= 0.6 is 0 Å². The van der Waals surface area contributed by atoms with Crippen LogP contribution in [0.4, 0.5) is 0 Å². The molecule has 0 aliphatic heterocycles. The third kappa shape index (κ3) is 4.31. The van der Waals surface area contributed by atoms with Crippen molar-refractivity contribution in [3.05, 3.63) is 34.9 Å². The van der Waals surface area contributed by atoms with Crippen molar-refractivity contribution in [3.63, 3.8) is 0 Å². The van der Waals surface area contributed by atoms with Gasteiger partial charge in [0.2, 0.25) is 0 Å². The molecule has 0 fully saturated rings. The fourth-order valence-electron chi connectivity index (χ4n) is 1.66. The standard InChI is InChI=1S/C13H23N3/c1-10-3-4-11(2)12(7-10)5-6-16-9-13(15)8-14/h3-4,7,13,16H,5-6,8-9,14-15H2,1-2H3. The van der Waals surface area contributed by atoms with Crippen LogP contribution in [0.5, 0.6) is 0 Å². The molecule has 16 heavy (non-hydrogen) atoms. The predicted molar refractivity (Wildman–Crippen MR) is 69.5 cm³/mol. The molecule has 0 aliphatic rings. The Morgan fingerprint density at radius 2 is 2.06 bits per heavy atom. The Morgan fingerprint density at radius 3 is 2.75 bits per heavy atom. The Morgan fingerprint density at radius 1 is 1.31 bits per heavy atom. The Balaban J connectivity index is 2.34. The van der Waals surface area contributed by atoms with E-state index in [9.17, 15) is 0 Å². The van der Waals surface area contributed by atoms with E-state index in [4.69, 9.17) is 11.5 Å². The van der Waals surface area contributed by atoms with Crippen LogP contribution < -0.4 is 16.8 Å². The van der Waals surface area contributed by atoms with E-state index >= 15 is 0 Å². The number of hydrogen-bond donors (Lipinski definition) is 3. The normalized spacial score (nSPS) is 12.8. The van der Waals surface area contributed by atoms with Crippen molar-refractivity contribution in [2.75, 3.05) is 19.6 Å². The predicted octanol–water partition coefficient (Wildman–Crippen LogP) is 0.722. The van der Waals surface area contributed by atoms with Gasteiger partial charge in [0.1, 0.15) is 0 Å². The van der Waals surface area contributed by atoms with Gasteiger partial charge in [-0.1, -0.05) is 23.8 Å². The second kappa shape index (κ2) is 6.63. The van der Waals surface area contributed by atoms with Crippen LogP contribution in [0.3, 0.4) is 0 Å². The van der Waals surface area contributed by atoms with Crippen LogP contribution in [0, 0.1) is 13.8 Å². The molecule has 1 aromatic rings. The molecule has 1 atom stereocenters. The van der Waals surface area contributed by atoms with Gasteiger partial charge in [0, 0.05) is 19.1 Å². The highest BCUT2D eigenvalue weighted by Crippen LogP contribution is 2.10. The molecule has 0 aliphatic carbocycles. The quantitative estimate of drug-likeness (QED) is 0.620. The first-order valence-electron chi connectivity index (χ1n) is 5.86. The van der Waals surface area contributed by atoms with E-state index in [2.05, 4.69) is 37.4 Å². The van der Waals surface area contributed by atoms with Crippen molar-refractivity contribution in [1.82, 2.24) is 5.32 Å². The number of nitrogens with two attached hydrogens (primary N) is 2. The molecule has 5 N–H and O–H groups in total. The summed E-state index contributed by atoms with van der Waals surface area (Å²) in [7, 11) is 0. The molecular formula is C13H23N3. The number of hydrogen-bond acceptors (Lipinski definition) is 3. The van der Waals surface area contributed by atoms with Crippen LogP contribution in [-0.4, -0.2) is 25.7 Å². The molecule has 0 radical (unpaired) electrons. The molecule has 0 spiro atoms. The summed E-state index contributed by atoms with van der Waals surface area (Å²) in [6.07, 6.45) is 1.05. The van der Waals surface area contributed by atoms with Crippen LogP contribution in [0.15, 0.2) is 18.2 Å². The Hall–Kier alpha value is -0.900. The van der Waals surface area contributed by atoms with Gasteiger partial charge in [-0.15, -0.1) is 0 Å². The van der Waals surface area contributed by atoms with E-state index in [1.807, 2.05) is 0 Å². The van der Waals surface area contributed by atoms with Gasteiger partial charge >= 0.3 is 0 Å². The number of rotatable bonds is 6. The minimum absolute atomic E-state index is 0.0682. The van der Waals surface area contributed by atoms with Gasteiger partial charge in [-0.2, -0.15) is 0 Å². The van der Waals surface area contributed by atoms with Gasteiger partial charge in [0.05, 0.1) is 0 Å². The van der Waals surface area contributed by atoms with E-state index in [1.54, 1.807) is 0 Å². The van der Waals surface area contributed by atoms with Crippen LogP contribution in [-0.2, 0) is 6.42 Å². The summed E-state index contributed by atoms with van der Waals surface area (Å²) >= 11 is 0. The molecule has 1 unspecified atom stereocenters. The molecule has 0 aromatic heterocycles. The topological polar surface area (TPSA) is 64.1 Å². The average molecular weight is 221 g/mol. The summed E-state index contributed by atoms with van der Waals surface area (Å²) in [5, 5.41) is 3.33. The average Bonchev–Trinajstić information content (AvgIpc) is 2.28. The first-order chi connectivity index (χ1) is 7.63. The van der Waals surface area contributed by atoms with Crippen molar-refractivity contribution < 1.29 is 0 Å². The van der Waals surface area contributed by atoms with Crippen LogP contribution in [0.1, 0.15) is 16.7 Å². The highest BCUT2D eigenvalue weighted by atomic mass is 14.9. The van der Waals surface area contributed by atoms with Gasteiger partial charge in [0.15, 0.2) is 0 Å². The van der Waals surface area contributed by atoms with E-state index in [0.717, 1.165) is 19.5 Å². The van der Waals surface area contributed by atoms with E-state index in [-0.39, 0.29) is 6.04 Å². The number of benzene rings is 1. The second-order valence-electron chi connectivity index (χ2n) is 4.38. The molecule has 0 saturated carbocycles. The van der Waals surface area contributed by atoms with Gasteiger partial charge in [-0.25, -0.2) is 0 Å². The van der Waals surface area contributed by atoms with Crippen molar-refractivity contribution in [2.45, 2.75) is 26.3 Å². The van der Waals surface area contributed by atoms with Crippen molar-refractivity contribution >= 4 is 0 Å². The van der Waals surface area contributed by atoms with Gasteiger partial charge < -0.3 is 16.8 Å². The maximum absolute atomic E-state index is 5.72. The summed E-state index contributed by atoms with van der Waals surface area (Å²) in [5.41, 5.74) is 15.2. The summed E-state index contributed by atoms with van der Waals surface area (Å²) in [5.74, 6) is 0. The monoisotopic (exact) mass is 221 g/mol. The minimum Gasteiger partial charge on any atom is -0.329 e. The summed E-state index contributed by atoms with van der Waals surface area (Å²) < 4.78 is 0. The summed E-state index contributed by atoms with van der Waals surface area (Å²) in [6, 6.07) is 6.64. The molecule has 3 heteroatoms. The third-order valence-corrected chi connectivity index (χ3v) is 2.79. The lowest BCUT2D eigenvalue weighted by Crippen LogP contribution is -2.40. The molecule has 0 saturated heterocycles. The molecule has 3 nitrogen and oxygen atoms in total. The highest BCUT2D eigenvalue weighted by Gasteiger charge is 2.00. The zero-order valence-corrected chi connectivity index (χ0v) is 10.3. The minimum atomic E-state index is 0.0682. The largest absolute Gasteiger partial charge is 0.329 e. The molecule has 1 rings (SSSR count). The van der Waals surface area contributed by atoms with Crippen molar-refractivity contribution in [3.8, 4) is 0 Å². The fraction of sp³-hybridized carbons (Fsp3) is 0.538. The molecule has 90 valence electrons. The highest BCUT2D eigenvalue weighted by molar-refractivity contribution is 5.30. The maximum atomic E-state index is 5.72. The smallest absolute Gasteiger partial charge is 0.0290 e. The zero-order chi connectivity index (χ0) is 12.0. The number of aryl methyl sites for hydroxylation is 2. The van der Waals surface area contributed by atoms with Gasteiger partial charge in [-0.3, -0.25) is 0 Å². The number of nitrogens with one attached hydrogen (secondary N) is 1. The Labute approximate surface area is 98.2 Å². The maximum Gasteiger partial charge on any atom is 0.0290 e. The first kappa shape index (κ1) is 13.2.